The summed E-state index contributed by atoms with van der Waals surface area (Å²) in [7, 11) is 0. The molecule has 0 radical (unpaired) electrons. The maximum Gasteiger partial charge on any atom is 1.00 e. The fraction of sp³-hybridized carbons (Fsp3) is 0.333. The van der Waals surface area contributed by atoms with E-state index in [0.717, 1.165) is 12.8 Å². The van der Waals surface area contributed by atoms with E-state index >= 15 is 0 Å². The molecule has 42 valence electrons. The van der Waals surface area contributed by atoms with E-state index in [4.69, 9.17) is 0 Å². The Bertz CT molecular complexity index is 40.1. The van der Waals surface area contributed by atoms with Crippen molar-refractivity contribution in [3.05, 3.63) is 25.3 Å². The van der Waals surface area contributed by atoms with Crippen molar-refractivity contribution in [2.75, 3.05) is 0 Å². The van der Waals surface area contributed by atoms with Crippen LogP contribution in [0.1, 0.15) is 12.8 Å². The van der Waals surface area contributed by atoms with Gasteiger partial charge in [0.2, 0.25) is 0 Å². The zero-order chi connectivity index (χ0) is 4.83. The predicted molar refractivity (Wildman–Crippen MR) is 29.6 cm³/mol. The number of hydrogen-bond donors (Lipinski definition) is 0. The predicted octanol–water partition coefficient (Wildman–Crippen LogP) is 2.14. The molecule has 0 amide bonds. The maximum atomic E-state index is 3.55. The molecule has 0 aromatic heterocycles. The summed E-state index contributed by atoms with van der Waals surface area (Å²) in [6.45, 7) is 7.10. The first-order valence-corrected chi connectivity index (χ1v) is 2.13. The summed E-state index contributed by atoms with van der Waals surface area (Å²) in [6.07, 6.45) is 5.90. The van der Waals surface area contributed by atoms with Crippen LogP contribution in [0.15, 0.2) is 25.3 Å². The fourth-order valence-electron chi connectivity index (χ4n) is 0.236. The molecule has 0 aromatic rings. The summed E-state index contributed by atoms with van der Waals surface area (Å²) in [5.74, 6) is 0. The van der Waals surface area contributed by atoms with Crippen molar-refractivity contribution in [1.82, 2.24) is 0 Å². The summed E-state index contributed by atoms with van der Waals surface area (Å²) < 4.78 is 0. The average molecular weight is 185 g/mol. The average Bonchev–Trinajstić information content (AvgIpc) is 1.61. The molecular weight excluding hydrogens is 175 g/mol. The molecule has 0 saturated carbocycles. The van der Waals surface area contributed by atoms with Gasteiger partial charge < -0.3 is 0 Å². The fourth-order valence-corrected chi connectivity index (χ4v) is 0.236. The minimum atomic E-state index is 0. The van der Waals surface area contributed by atoms with Gasteiger partial charge in [-0.2, -0.15) is 0 Å². The molecule has 0 aromatic carbocycles. The van der Waals surface area contributed by atoms with Crippen molar-refractivity contribution in [1.29, 1.82) is 0 Å². The first-order chi connectivity index (χ1) is 2.91. The van der Waals surface area contributed by atoms with E-state index in [0.29, 0.717) is 0 Å². The third-order valence-electron chi connectivity index (χ3n) is 0.575. The summed E-state index contributed by atoms with van der Waals surface area (Å²) in [6, 6.07) is 0. The van der Waals surface area contributed by atoms with E-state index in [9.17, 15) is 0 Å². The zero-order valence-corrected chi connectivity index (χ0v) is 5.96. The molecule has 0 aliphatic heterocycles. The van der Waals surface area contributed by atoms with Gasteiger partial charge in [-0.3, -0.25) is 0 Å². The molecule has 0 nitrogen and oxygen atoms in total. The van der Waals surface area contributed by atoms with Crippen LogP contribution in [0.5, 0.6) is 0 Å². The minimum Gasteiger partial charge on any atom is -0.103 e. The Kier molecular flexibility index (Phi) is 13.7. The van der Waals surface area contributed by atoms with Crippen LogP contribution < -0.4 is 0 Å². The maximum absolute atomic E-state index is 3.55. The van der Waals surface area contributed by atoms with Crippen LogP contribution in [-0.4, -0.2) is 0 Å². The molecule has 0 aliphatic rings. The first kappa shape index (κ1) is 10.2. The summed E-state index contributed by atoms with van der Waals surface area (Å²) in [5.41, 5.74) is 0. The van der Waals surface area contributed by atoms with Crippen LogP contribution in [-0.2, 0) is 19.5 Å². The van der Waals surface area contributed by atoms with Crippen LogP contribution >= 0.6 is 0 Å². The molecule has 0 rings (SSSR count). The van der Waals surface area contributed by atoms with Crippen LogP contribution in [0.4, 0.5) is 0 Å². The Hall–Kier alpha value is 0.103. The van der Waals surface area contributed by atoms with Gasteiger partial charge >= 0.3 is 19.5 Å². The van der Waals surface area contributed by atoms with E-state index < -0.39 is 0 Å². The second kappa shape index (κ2) is 9.44. The summed E-state index contributed by atoms with van der Waals surface area (Å²) in [5, 5.41) is 0. The summed E-state index contributed by atoms with van der Waals surface area (Å²) in [4.78, 5) is 0. The van der Waals surface area contributed by atoms with Gasteiger partial charge in [0.05, 0.1) is 0 Å². The minimum absolute atomic E-state index is 0. The van der Waals surface area contributed by atoms with Gasteiger partial charge in [0, 0.05) is 0 Å². The number of unbranched alkanes of at least 4 members (excludes halogenated alkanes) is 1. The van der Waals surface area contributed by atoms with Gasteiger partial charge in [-0.1, -0.05) is 12.2 Å². The molecular formula is C6H10Rh+. The van der Waals surface area contributed by atoms with Crippen LogP contribution in [0.3, 0.4) is 0 Å². The van der Waals surface area contributed by atoms with E-state index in [1.165, 1.54) is 0 Å². The van der Waals surface area contributed by atoms with Crippen molar-refractivity contribution in [3.63, 3.8) is 0 Å². The topological polar surface area (TPSA) is 0 Å². The Labute approximate surface area is 58.1 Å². The van der Waals surface area contributed by atoms with E-state index in [-0.39, 0.29) is 19.5 Å². The molecule has 0 N–H and O–H groups in total. The number of allylic oxidation sites excluding steroid dienone is 2. The van der Waals surface area contributed by atoms with Crippen molar-refractivity contribution in [3.8, 4) is 0 Å². The van der Waals surface area contributed by atoms with E-state index in [2.05, 4.69) is 13.2 Å². The van der Waals surface area contributed by atoms with Crippen LogP contribution in [0, 0.1) is 0 Å². The largest absolute Gasteiger partial charge is 1.00 e. The Morgan fingerprint density at radius 2 is 1.29 bits per heavy atom. The van der Waals surface area contributed by atoms with E-state index in [1.807, 2.05) is 12.2 Å². The second-order valence-corrected chi connectivity index (χ2v) is 1.15. The van der Waals surface area contributed by atoms with Gasteiger partial charge in [0.1, 0.15) is 0 Å². The monoisotopic (exact) mass is 185 g/mol. The number of rotatable bonds is 3. The van der Waals surface area contributed by atoms with Crippen molar-refractivity contribution >= 4 is 0 Å². The van der Waals surface area contributed by atoms with Gasteiger partial charge in [0.25, 0.3) is 0 Å². The van der Waals surface area contributed by atoms with Crippen molar-refractivity contribution in [2.24, 2.45) is 0 Å². The molecule has 0 unspecified atom stereocenters. The van der Waals surface area contributed by atoms with Crippen LogP contribution in [0.2, 0.25) is 0 Å². The van der Waals surface area contributed by atoms with Gasteiger partial charge in [0.15, 0.2) is 0 Å². The van der Waals surface area contributed by atoms with E-state index in [1.54, 1.807) is 0 Å². The van der Waals surface area contributed by atoms with Crippen molar-refractivity contribution < 1.29 is 19.5 Å². The number of hydrogen-bond acceptors (Lipinski definition) is 0. The smallest absolute Gasteiger partial charge is 0.103 e. The van der Waals surface area contributed by atoms with Gasteiger partial charge in [-0.15, -0.1) is 13.2 Å². The Morgan fingerprint density at radius 3 is 1.43 bits per heavy atom. The first-order valence-electron chi connectivity index (χ1n) is 2.13. The normalized spacial score (nSPS) is 6.29. The van der Waals surface area contributed by atoms with Gasteiger partial charge in [-0.25, -0.2) is 0 Å². The third-order valence-corrected chi connectivity index (χ3v) is 0.575. The van der Waals surface area contributed by atoms with Crippen LogP contribution in [0.25, 0.3) is 0 Å². The third kappa shape index (κ3) is 10.7. The molecule has 0 saturated heterocycles. The van der Waals surface area contributed by atoms with Crippen molar-refractivity contribution in [2.45, 2.75) is 12.8 Å². The molecule has 0 bridgehead atoms. The molecule has 7 heavy (non-hydrogen) atoms. The summed E-state index contributed by atoms with van der Waals surface area (Å²) >= 11 is 0. The molecule has 0 atom stereocenters. The van der Waals surface area contributed by atoms with Gasteiger partial charge in [-0.05, 0) is 12.8 Å². The molecule has 0 heterocycles. The molecule has 1 heteroatoms. The second-order valence-electron chi connectivity index (χ2n) is 1.15. The Balaban J connectivity index is 0. The molecule has 0 spiro atoms. The quantitative estimate of drug-likeness (QED) is 0.359. The Morgan fingerprint density at radius 1 is 1.00 bits per heavy atom. The molecule has 0 aliphatic carbocycles. The SMILES string of the molecule is C=CCCC=C.[Rh+]. The molecule has 0 fully saturated rings. The standard InChI is InChI=1S/C6H10.Rh/c1-3-5-6-4-2;/h3-4H,1-2,5-6H2;/q;+1. The zero-order valence-electron chi connectivity index (χ0n) is 4.32.